The maximum absolute atomic E-state index is 14.4. The Morgan fingerprint density at radius 1 is 0.600 bits per heavy atom. The molecule has 1 heterocycles. The Morgan fingerprint density at radius 2 is 1.20 bits per heavy atom. The predicted octanol–water partition coefficient (Wildman–Crippen LogP) is 5.61. The second-order valence-electron chi connectivity index (χ2n) is 16.9. The number of fused-ring (bicyclic) bond motifs is 1. The number of para-hydroxylation sites is 1. The fourth-order valence-electron chi connectivity index (χ4n) is 7.39. The highest BCUT2D eigenvalue weighted by Crippen LogP contribution is 2.24. The zero-order valence-electron chi connectivity index (χ0n) is 35.6. The third kappa shape index (κ3) is 16.2. The molecule has 0 spiro atoms. The second kappa shape index (κ2) is 23.8. The van der Waals surface area contributed by atoms with E-state index in [9.17, 15) is 43.5 Å². The van der Waals surface area contributed by atoms with Crippen LogP contribution < -0.4 is 16.0 Å². The number of aromatic amines is 1. The third-order valence-electron chi connectivity index (χ3n) is 10.4. The van der Waals surface area contributed by atoms with Crippen LogP contribution >= 0.6 is 0 Å². The lowest BCUT2D eigenvalue weighted by Gasteiger charge is -2.26. The number of hydrogen-bond donors (Lipinski definition) is 6. The van der Waals surface area contributed by atoms with Crippen LogP contribution in [0.2, 0.25) is 0 Å². The van der Waals surface area contributed by atoms with E-state index in [0.717, 1.165) is 22.0 Å². The van der Waals surface area contributed by atoms with E-state index in [2.05, 4.69) is 20.9 Å². The lowest BCUT2D eigenvalue weighted by molar-refractivity contribution is -0.141. The van der Waals surface area contributed by atoms with E-state index in [4.69, 9.17) is 5.11 Å². The molecule has 2 aromatic carbocycles. The van der Waals surface area contributed by atoms with Crippen LogP contribution in [-0.2, 0) is 51.2 Å². The molecular weight excluding hydrogens is 769 g/mol. The Kier molecular flexibility index (Phi) is 19.3. The molecule has 14 heteroatoms. The maximum atomic E-state index is 14.4. The lowest BCUT2D eigenvalue weighted by Crippen LogP contribution is -2.48. The van der Waals surface area contributed by atoms with Crippen molar-refractivity contribution in [2.75, 3.05) is 0 Å². The van der Waals surface area contributed by atoms with Crippen LogP contribution in [0.4, 0.5) is 0 Å². The van der Waals surface area contributed by atoms with Crippen molar-refractivity contribution in [2.24, 2.45) is 29.6 Å². The number of nitrogens with one attached hydrogen (secondary N) is 4. The molecule has 326 valence electrons. The molecule has 3 amide bonds. The molecule has 6 N–H and O–H groups in total. The largest absolute Gasteiger partial charge is 0.481 e. The highest BCUT2D eigenvalue weighted by Gasteiger charge is 2.34. The van der Waals surface area contributed by atoms with Gasteiger partial charge in [-0.3, -0.25) is 38.4 Å². The van der Waals surface area contributed by atoms with Crippen LogP contribution in [-0.4, -0.2) is 80.3 Å². The number of ketones is 3. The van der Waals surface area contributed by atoms with Gasteiger partial charge in [0.1, 0.15) is 0 Å². The van der Waals surface area contributed by atoms with Crippen LogP contribution in [0.5, 0.6) is 0 Å². The Hall–Kier alpha value is -5.66. The Labute approximate surface area is 352 Å². The fourth-order valence-corrected chi connectivity index (χ4v) is 7.39. The van der Waals surface area contributed by atoms with E-state index < -0.39 is 90.5 Å². The molecule has 0 bridgehead atoms. The summed E-state index contributed by atoms with van der Waals surface area (Å²) < 4.78 is 0. The Balaban J connectivity index is 1.83. The van der Waals surface area contributed by atoms with Crippen molar-refractivity contribution in [1.82, 2.24) is 20.9 Å². The normalized spacial score (nSPS) is 13.9. The van der Waals surface area contributed by atoms with E-state index in [1.807, 2.05) is 82.3 Å². The van der Waals surface area contributed by atoms with E-state index in [1.54, 1.807) is 20.0 Å². The monoisotopic (exact) mass is 830 g/mol. The molecule has 5 atom stereocenters. The summed E-state index contributed by atoms with van der Waals surface area (Å²) in [7, 11) is 0. The number of Topliss-reactive ketones (excluding diaryl/α,β-unsaturated/α-hetero) is 3. The van der Waals surface area contributed by atoms with Gasteiger partial charge in [-0.1, -0.05) is 90.1 Å². The first kappa shape index (κ1) is 48.7. The first-order valence-corrected chi connectivity index (χ1v) is 20.9. The molecule has 3 aromatic rings. The zero-order valence-corrected chi connectivity index (χ0v) is 35.6. The number of carboxylic acid groups (broad SMARTS) is 2. The molecule has 0 aliphatic heterocycles. The van der Waals surface area contributed by atoms with Crippen molar-refractivity contribution in [3.05, 3.63) is 71.9 Å². The van der Waals surface area contributed by atoms with Crippen molar-refractivity contribution in [2.45, 2.75) is 124 Å². The van der Waals surface area contributed by atoms with E-state index in [0.29, 0.717) is 12.8 Å². The summed E-state index contributed by atoms with van der Waals surface area (Å²) in [5.74, 6) is -7.55. The number of benzene rings is 2. The van der Waals surface area contributed by atoms with Crippen molar-refractivity contribution in [3.8, 4) is 0 Å². The minimum atomic E-state index is -1.52. The lowest BCUT2D eigenvalue weighted by atomic mass is 9.87. The summed E-state index contributed by atoms with van der Waals surface area (Å²) in [5, 5.41) is 27.7. The molecule has 0 radical (unpaired) electrons. The van der Waals surface area contributed by atoms with Gasteiger partial charge in [0, 0.05) is 67.0 Å². The average molecular weight is 831 g/mol. The average Bonchev–Trinajstić information content (AvgIpc) is 3.59. The number of carboxylic acids is 2. The molecule has 0 aliphatic rings. The quantitative estimate of drug-likeness (QED) is 0.0557. The topological polar surface area (TPSA) is 229 Å². The van der Waals surface area contributed by atoms with Crippen LogP contribution in [0, 0.1) is 29.6 Å². The van der Waals surface area contributed by atoms with Gasteiger partial charge in [-0.25, -0.2) is 0 Å². The van der Waals surface area contributed by atoms with E-state index in [-0.39, 0.29) is 55.6 Å². The summed E-state index contributed by atoms with van der Waals surface area (Å²) in [6.45, 7) is 11.0. The zero-order chi connectivity index (χ0) is 44.5. The van der Waals surface area contributed by atoms with Crippen molar-refractivity contribution in [3.63, 3.8) is 0 Å². The number of rotatable bonds is 27. The van der Waals surface area contributed by atoms with Crippen LogP contribution in [0.3, 0.4) is 0 Å². The third-order valence-corrected chi connectivity index (χ3v) is 10.4. The molecule has 3 rings (SSSR count). The molecular formula is C46H62N4O10. The molecule has 0 aliphatic carbocycles. The number of carbonyl (C=O) groups excluding carboxylic acids is 6. The Morgan fingerprint density at radius 3 is 1.82 bits per heavy atom. The number of carbonyl (C=O) groups is 8. The summed E-state index contributed by atoms with van der Waals surface area (Å²) in [5.41, 5.74) is 2.65. The summed E-state index contributed by atoms with van der Waals surface area (Å²) in [4.78, 5) is 108. The van der Waals surface area contributed by atoms with Crippen molar-refractivity contribution >= 4 is 57.9 Å². The van der Waals surface area contributed by atoms with Gasteiger partial charge in [0.2, 0.25) is 17.7 Å². The molecule has 0 unspecified atom stereocenters. The molecule has 0 fully saturated rings. The van der Waals surface area contributed by atoms with Gasteiger partial charge in [-0.2, -0.15) is 0 Å². The van der Waals surface area contributed by atoms with Crippen LogP contribution in [0.25, 0.3) is 10.9 Å². The predicted molar refractivity (Wildman–Crippen MR) is 227 cm³/mol. The SMILES string of the molecule is CC(C)C[C@@H](Cc1ccccc1)C(=O)N[C@@H](Cc1c[nH]c2ccccc12)C(=O)C[C@@H](CC(C)C)C(=O)N[C@@H](CC(=O)O)C(=O)CCC(=O)N[C@@H](CCC(=O)O)C(=O)C(C)C. The van der Waals surface area contributed by atoms with Crippen LogP contribution in [0.1, 0.15) is 104 Å². The minimum Gasteiger partial charge on any atom is -0.481 e. The van der Waals surface area contributed by atoms with E-state index >= 15 is 0 Å². The number of aliphatic carboxylic acids is 2. The number of amides is 3. The molecule has 14 nitrogen and oxygen atoms in total. The Bertz CT molecular complexity index is 1950. The first-order chi connectivity index (χ1) is 28.3. The smallest absolute Gasteiger partial charge is 0.305 e. The van der Waals surface area contributed by atoms with Crippen molar-refractivity contribution in [1.29, 1.82) is 0 Å². The molecule has 0 saturated heterocycles. The molecule has 0 saturated carbocycles. The summed E-state index contributed by atoms with van der Waals surface area (Å²) >= 11 is 0. The van der Waals surface area contributed by atoms with Gasteiger partial charge in [-0.05, 0) is 54.7 Å². The summed E-state index contributed by atoms with van der Waals surface area (Å²) in [6.07, 6.45) is 0.711. The van der Waals surface area contributed by atoms with Gasteiger partial charge >= 0.3 is 11.9 Å². The summed E-state index contributed by atoms with van der Waals surface area (Å²) in [6, 6.07) is 13.6. The fraction of sp³-hybridized carbons (Fsp3) is 0.522. The van der Waals surface area contributed by atoms with Gasteiger partial charge in [-0.15, -0.1) is 0 Å². The van der Waals surface area contributed by atoms with Crippen LogP contribution in [0.15, 0.2) is 60.8 Å². The van der Waals surface area contributed by atoms with Gasteiger partial charge in [0.25, 0.3) is 0 Å². The van der Waals surface area contributed by atoms with Gasteiger partial charge in [0.05, 0.1) is 24.5 Å². The highest BCUT2D eigenvalue weighted by molar-refractivity contribution is 5.97. The minimum absolute atomic E-state index is 0.0866. The maximum Gasteiger partial charge on any atom is 0.305 e. The number of hydrogen-bond acceptors (Lipinski definition) is 8. The molecule has 1 aromatic heterocycles. The first-order valence-electron chi connectivity index (χ1n) is 20.9. The van der Waals surface area contributed by atoms with Crippen molar-refractivity contribution < 1.29 is 48.6 Å². The standard InChI is InChI=1S/C46H62N4O10/c1-27(2)20-31(22-30-12-8-7-9-13-30)45(59)49-37(23-33-26-47-35-15-11-10-14-34(33)35)40(52)24-32(21-28(3)4)46(60)50-38(25-43(56)57)39(51)17-18-41(53)48-36(16-19-42(54)55)44(58)29(5)6/h7-15,26-29,31-32,36-38,47H,16-25H2,1-6H3,(H,48,53)(H,49,59)(H,50,60)(H,54,55)(H,56,57)/t31-,32+,36-,37-,38-/m0/s1. The van der Waals surface area contributed by atoms with Gasteiger partial charge in [0.15, 0.2) is 17.3 Å². The van der Waals surface area contributed by atoms with Gasteiger partial charge < -0.3 is 31.1 Å². The van der Waals surface area contributed by atoms with E-state index in [1.165, 1.54) is 0 Å². The number of H-pyrrole nitrogens is 1. The highest BCUT2D eigenvalue weighted by atomic mass is 16.4. The molecule has 60 heavy (non-hydrogen) atoms. The second-order valence-corrected chi connectivity index (χ2v) is 16.9. The number of aromatic nitrogens is 1.